The lowest BCUT2D eigenvalue weighted by molar-refractivity contribution is 0.588. The standard InChI is InChI=1S/C13H15Cl2NO2S/c1-2-6-19(17,18)7-5-16-4-3-11-12(15)8-10(14)9-13(11)16/h3-4,8-9H,2,5-7H2,1H3. The van der Waals surface area contributed by atoms with Crippen LogP contribution in [0.5, 0.6) is 0 Å². The fourth-order valence-corrected chi connectivity index (χ4v) is 3.91. The van der Waals surface area contributed by atoms with Gasteiger partial charge in [0.15, 0.2) is 9.84 Å². The molecular weight excluding hydrogens is 305 g/mol. The van der Waals surface area contributed by atoms with Gasteiger partial charge >= 0.3 is 0 Å². The molecule has 0 aliphatic rings. The highest BCUT2D eigenvalue weighted by Gasteiger charge is 2.11. The van der Waals surface area contributed by atoms with Crippen molar-refractivity contribution in [1.82, 2.24) is 4.57 Å². The van der Waals surface area contributed by atoms with Crippen LogP contribution in [0.3, 0.4) is 0 Å². The van der Waals surface area contributed by atoms with E-state index in [1.807, 2.05) is 23.8 Å². The van der Waals surface area contributed by atoms with Gasteiger partial charge in [0.1, 0.15) is 0 Å². The molecule has 0 amide bonds. The average molecular weight is 320 g/mol. The molecule has 0 saturated carbocycles. The summed E-state index contributed by atoms with van der Waals surface area (Å²) in [4.78, 5) is 0. The van der Waals surface area contributed by atoms with Crippen molar-refractivity contribution in [3.63, 3.8) is 0 Å². The van der Waals surface area contributed by atoms with Crippen LogP contribution in [0.25, 0.3) is 10.9 Å². The van der Waals surface area contributed by atoms with Crippen LogP contribution in [0.4, 0.5) is 0 Å². The number of hydrogen-bond donors (Lipinski definition) is 0. The topological polar surface area (TPSA) is 39.1 Å². The summed E-state index contributed by atoms with van der Waals surface area (Å²) >= 11 is 12.1. The van der Waals surface area contributed by atoms with E-state index in [2.05, 4.69) is 0 Å². The minimum Gasteiger partial charge on any atom is -0.346 e. The third-order valence-corrected chi connectivity index (χ3v) is 5.33. The fourth-order valence-electron chi connectivity index (χ4n) is 2.06. The molecule has 19 heavy (non-hydrogen) atoms. The SMILES string of the molecule is CCCS(=O)(=O)CCn1ccc2c(Cl)cc(Cl)cc21. The fraction of sp³-hybridized carbons (Fsp3) is 0.385. The summed E-state index contributed by atoms with van der Waals surface area (Å²) in [5, 5.41) is 2.02. The number of sulfone groups is 1. The van der Waals surface area contributed by atoms with Crippen LogP contribution in [0, 0.1) is 0 Å². The molecule has 0 atom stereocenters. The Morgan fingerprint density at radius 2 is 1.95 bits per heavy atom. The molecule has 0 spiro atoms. The first-order valence-electron chi connectivity index (χ1n) is 6.07. The van der Waals surface area contributed by atoms with E-state index in [1.54, 1.807) is 12.1 Å². The molecule has 3 nitrogen and oxygen atoms in total. The van der Waals surface area contributed by atoms with Crippen molar-refractivity contribution in [3.8, 4) is 0 Å². The average Bonchev–Trinajstić information content (AvgIpc) is 2.70. The Morgan fingerprint density at radius 1 is 1.21 bits per heavy atom. The Kier molecular flexibility index (Phi) is 4.43. The van der Waals surface area contributed by atoms with Gasteiger partial charge < -0.3 is 4.57 Å². The smallest absolute Gasteiger partial charge is 0.152 e. The van der Waals surface area contributed by atoms with Gasteiger partial charge in [-0.05, 0) is 24.6 Å². The van der Waals surface area contributed by atoms with Crippen LogP contribution < -0.4 is 0 Å². The van der Waals surface area contributed by atoms with Crippen molar-refractivity contribution in [3.05, 3.63) is 34.4 Å². The predicted octanol–water partition coefficient (Wildman–Crippen LogP) is 3.77. The summed E-state index contributed by atoms with van der Waals surface area (Å²) in [7, 11) is -2.98. The molecule has 1 aromatic heterocycles. The van der Waals surface area contributed by atoms with E-state index in [9.17, 15) is 8.42 Å². The Bertz CT molecular complexity index is 692. The number of rotatable bonds is 5. The summed E-state index contributed by atoms with van der Waals surface area (Å²) in [6.45, 7) is 2.28. The van der Waals surface area contributed by atoms with Crippen molar-refractivity contribution in [2.75, 3.05) is 11.5 Å². The maximum atomic E-state index is 11.7. The number of benzene rings is 1. The Hall–Kier alpha value is -0.710. The van der Waals surface area contributed by atoms with Gasteiger partial charge in [0.25, 0.3) is 0 Å². The van der Waals surface area contributed by atoms with Crippen LogP contribution in [-0.2, 0) is 16.4 Å². The van der Waals surface area contributed by atoms with E-state index < -0.39 is 9.84 Å². The lowest BCUT2D eigenvalue weighted by atomic mass is 10.2. The molecule has 1 aromatic carbocycles. The molecule has 0 aliphatic carbocycles. The third-order valence-electron chi connectivity index (χ3n) is 2.96. The zero-order chi connectivity index (χ0) is 14.0. The Balaban J connectivity index is 2.27. The van der Waals surface area contributed by atoms with E-state index in [-0.39, 0.29) is 11.5 Å². The number of hydrogen-bond acceptors (Lipinski definition) is 2. The van der Waals surface area contributed by atoms with Crippen molar-refractivity contribution in [2.45, 2.75) is 19.9 Å². The molecule has 0 bridgehead atoms. The maximum absolute atomic E-state index is 11.7. The summed E-state index contributed by atoms with van der Waals surface area (Å²) in [5.41, 5.74) is 0.865. The van der Waals surface area contributed by atoms with E-state index in [0.717, 1.165) is 10.9 Å². The van der Waals surface area contributed by atoms with Crippen molar-refractivity contribution in [2.24, 2.45) is 0 Å². The first-order chi connectivity index (χ1) is 8.93. The van der Waals surface area contributed by atoms with Gasteiger partial charge in [0.2, 0.25) is 0 Å². The molecule has 0 fully saturated rings. The maximum Gasteiger partial charge on any atom is 0.152 e. The molecule has 0 saturated heterocycles. The second-order valence-electron chi connectivity index (χ2n) is 4.48. The zero-order valence-corrected chi connectivity index (χ0v) is 12.9. The number of halogens is 2. The van der Waals surface area contributed by atoms with E-state index in [4.69, 9.17) is 23.2 Å². The van der Waals surface area contributed by atoms with Crippen LogP contribution in [0.15, 0.2) is 24.4 Å². The Morgan fingerprint density at radius 3 is 2.63 bits per heavy atom. The van der Waals surface area contributed by atoms with Crippen LogP contribution in [0.2, 0.25) is 10.0 Å². The minimum absolute atomic E-state index is 0.134. The number of fused-ring (bicyclic) bond motifs is 1. The molecule has 2 rings (SSSR count). The zero-order valence-electron chi connectivity index (χ0n) is 10.6. The van der Waals surface area contributed by atoms with Gasteiger partial charge in [-0.3, -0.25) is 0 Å². The number of nitrogens with zero attached hydrogens (tertiary/aromatic N) is 1. The predicted molar refractivity (Wildman–Crippen MR) is 80.9 cm³/mol. The van der Waals surface area contributed by atoms with E-state index in [0.29, 0.717) is 23.0 Å². The summed E-state index contributed by atoms with van der Waals surface area (Å²) < 4.78 is 25.3. The number of aryl methyl sites for hydroxylation is 1. The van der Waals surface area contributed by atoms with Gasteiger partial charge in [0, 0.05) is 28.9 Å². The lowest BCUT2D eigenvalue weighted by Gasteiger charge is -2.07. The lowest BCUT2D eigenvalue weighted by Crippen LogP contribution is -2.15. The van der Waals surface area contributed by atoms with E-state index >= 15 is 0 Å². The van der Waals surface area contributed by atoms with Crippen LogP contribution in [-0.4, -0.2) is 24.5 Å². The van der Waals surface area contributed by atoms with Crippen LogP contribution in [0.1, 0.15) is 13.3 Å². The van der Waals surface area contributed by atoms with Gasteiger partial charge in [0.05, 0.1) is 16.3 Å². The summed E-state index contributed by atoms with van der Waals surface area (Å²) in [6, 6.07) is 5.36. The molecule has 104 valence electrons. The van der Waals surface area contributed by atoms with E-state index in [1.165, 1.54) is 0 Å². The summed E-state index contributed by atoms with van der Waals surface area (Å²) in [6.07, 6.45) is 2.49. The Labute approximate surface area is 123 Å². The van der Waals surface area contributed by atoms with Gasteiger partial charge in [-0.15, -0.1) is 0 Å². The van der Waals surface area contributed by atoms with Gasteiger partial charge in [-0.25, -0.2) is 8.42 Å². The minimum atomic E-state index is -2.98. The molecule has 0 N–H and O–H groups in total. The highest BCUT2D eigenvalue weighted by molar-refractivity contribution is 7.91. The molecule has 6 heteroatoms. The van der Waals surface area contributed by atoms with Gasteiger partial charge in [-0.1, -0.05) is 30.1 Å². The molecule has 0 radical (unpaired) electrons. The largest absolute Gasteiger partial charge is 0.346 e. The second kappa shape index (κ2) is 5.73. The molecule has 1 heterocycles. The van der Waals surface area contributed by atoms with Crippen LogP contribution >= 0.6 is 23.2 Å². The molecular formula is C13H15Cl2NO2S. The summed E-state index contributed by atoms with van der Waals surface area (Å²) in [5.74, 6) is 0.364. The number of aromatic nitrogens is 1. The quantitative estimate of drug-likeness (QED) is 0.841. The first-order valence-corrected chi connectivity index (χ1v) is 8.65. The molecule has 0 aliphatic heterocycles. The highest BCUT2D eigenvalue weighted by atomic mass is 35.5. The molecule has 0 unspecified atom stereocenters. The second-order valence-corrected chi connectivity index (χ2v) is 7.63. The van der Waals surface area contributed by atoms with Crippen molar-refractivity contribution in [1.29, 1.82) is 0 Å². The molecule has 2 aromatic rings. The van der Waals surface area contributed by atoms with Crippen molar-refractivity contribution >= 4 is 43.9 Å². The van der Waals surface area contributed by atoms with Gasteiger partial charge in [-0.2, -0.15) is 0 Å². The van der Waals surface area contributed by atoms with Crippen molar-refractivity contribution < 1.29 is 8.42 Å². The highest BCUT2D eigenvalue weighted by Crippen LogP contribution is 2.28. The first kappa shape index (κ1) is 14.7. The normalized spacial score (nSPS) is 12.2. The monoisotopic (exact) mass is 319 g/mol. The third kappa shape index (κ3) is 3.44.